The molecule has 2 aromatic carbocycles. The molecule has 0 aromatic heterocycles. The van der Waals surface area contributed by atoms with E-state index in [2.05, 4.69) is 10.1 Å². The zero-order valence-corrected chi connectivity index (χ0v) is 13.5. The third kappa shape index (κ3) is 5.03. The van der Waals surface area contributed by atoms with Gasteiger partial charge in [0.2, 0.25) is 0 Å². The van der Waals surface area contributed by atoms with Crippen molar-refractivity contribution >= 4 is 5.91 Å². The van der Waals surface area contributed by atoms with E-state index < -0.39 is 6.61 Å². The summed E-state index contributed by atoms with van der Waals surface area (Å²) in [6, 6.07) is 13.0. The molecule has 0 bridgehead atoms. The number of ether oxygens (including phenoxy) is 2. The van der Waals surface area contributed by atoms with Gasteiger partial charge >= 0.3 is 6.61 Å². The molecule has 2 rings (SSSR count). The van der Waals surface area contributed by atoms with Crippen molar-refractivity contribution in [3.05, 3.63) is 65.2 Å². The lowest BCUT2D eigenvalue weighted by atomic mass is 10.1. The van der Waals surface area contributed by atoms with Crippen molar-refractivity contribution in [2.45, 2.75) is 26.2 Å². The second-order valence-electron chi connectivity index (χ2n) is 5.28. The van der Waals surface area contributed by atoms with Gasteiger partial charge in [-0.05, 0) is 42.3 Å². The maximum absolute atomic E-state index is 12.3. The Morgan fingerprint density at radius 1 is 1.17 bits per heavy atom. The number of amides is 1. The Hall–Kier alpha value is -2.47. The van der Waals surface area contributed by atoms with E-state index in [1.165, 1.54) is 12.1 Å². The first-order chi connectivity index (χ1) is 11.5. The number of hydrogen-bond donors (Lipinski definition) is 1. The minimum absolute atomic E-state index is 0.0608. The molecular weight excluding hydrogens is 316 g/mol. The molecule has 0 fully saturated rings. The Labute approximate surface area is 139 Å². The molecule has 0 spiro atoms. The Balaban J connectivity index is 2.07. The second-order valence-corrected chi connectivity index (χ2v) is 5.28. The number of methoxy groups -OCH3 is 1. The SMILES string of the molecule is COCc1cccc(C(=O)N[C@H](C)c2cccc(OC(F)F)c2)c1. The van der Waals surface area contributed by atoms with Gasteiger partial charge in [-0.1, -0.05) is 24.3 Å². The van der Waals surface area contributed by atoms with Crippen LogP contribution in [0.1, 0.15) is 34.5 Å². The van der Waals surface area contributed by atoms with Gasteiger partial charge in [-0.3, -0.25) is 4.79 Å². The number of carbonyl (C=O) groups excluding carboxylic acids is 1. The zero-order chi connectivity index (χ0) is 17.5. The third-order valence-electron chi connectivity index (χ3n) is 3.43. The molecular formula is C18H19F2NO3. The summed E-state index contributed by atoms with van der Waals surface area (Å²) >= 11 is 0. The van der Waals surface area contributed by atoms with Crippen LogP contribution in [-0.2, 0) is 11.3 Å². The minimum Gasteiger partial charge on any atom is -0.435 e. The number of alkyl halides is 2. The van der Waals surface area contributed by atoms with Crippen molar-refractivity contribution in [3.8, 4) is 5.75 Å². The summed E-state index contributed by atoms with van der Waals surface area (Å²) in [5.74, 6) is -0.189. The smallest absolute Gasteiger partial charge is 0.387 e. The quantitative estimate of drug-likeness (QED) is 0.834. The molecule has 1 N–H and O–H groups in total. The molecule has 0 unspecified atom stereocenters. The van der Waals surface area contributed by atoms with Crippen LogP contribution in [0.3, 0.4) is 0 Å². The highest BCUT2D eigenvalue weighted by molar-refractivity contribution is 5.94. The van der Waals surface area contributed by atoms with E-state index in [-0.39, 0.29) is 17.7 Å². The summed E-state index contributed by atoms with van der Waals surface area (Å²) in [5, 5.41) is 2.84. The molecule has 1 amide bonds. The highest BCUT2D eigenvalue weighted by Gasteiger charge is 2.13. The summed E-state index contributed by atoms with van der Waals surface area (Å²) in [5.41, 5.74) is 2.08. The Morgan fingerprint density at radius 2 is 1.92 bits per heavy atom. The van der Waals surface area contributed by atoms with Gasteiger partial charge in [0.05, 0.1) is 12.6 Å². The van der Waals surface area contributed by atoms with Crippen LogP contribution in [0.15, 0.2) is 48.5 Å². The average molecular weight is 335 g/mol. The number of hydrogen-bond acceptors (Lipinski definition) is 3. The Kier molecular flexibility index (Phi) is 6.26. The number of nitrogens with one attached hydrogen (secondary N) is 1. The highest BCUT2D eigenvalue weighted by atomic mass is 19.3. The van der Waals surface area contributed by atoms with Crippen molar-refractivity contribution in [1.29, 1.82) is 0 Å². The lowest BCUT2D eigenvalue weighted by molar-refractivity contribution is -0.0499. The first-order valence-corrected chi connectivity index (χ1v) is 7.43. The fraction of sp³-hybridized carbons (Fsp3) is 0.278. The van der Waals surface area contributed by atoms with Crippen LogP contribution in [-0.4, -0.2) is 19.6 Å². The van der Waals surface area contributed by atoms with E-state index >= 15 is 0 Å². The average Bonchev–Trinajstić information content (AvgIpc) is 2.55. The highest BCUT2D eigenvalue weighted by Crippen LogP contribution is 2.21. The number of benzene rings is 2. The van der Waals surface area contributed by atoms with Gasteiger partial charge in [-0.15, -0.1) is 0 Å². The molecule has 128 valence electrons. The molecule has 1 atom stereocenters. The van der Waals surface area contributed by atoms with E-state index in [9.17, 15) is 13.6 Å². The van der Waals surface area contributed by atoms with Crippen molar-refractivity contribution in [1.82, 2.24) is 5.32 Å². The van der Waals surface area contributed by atoms with Crippen molar-refractivity contribution in [3.63, 3.8) is 0 Å². The Morgan fingerprint density at radius 3 is 2.62 bits per heavy atom. The number of rotatable bonds is 7. The zero-order valence-electron chi connectivity index (χ0n) is 13.5. The van der Waals surface area contributed by atoms with Gasteiger partial charge in [-0.25, -0.2) is 0 Å². The van der Waals surface area contributed by atoms with Gasteiger partial charge in [-0.2, -0.15) is 8.78 Å². The van der Waals surface area contributed by atoms with Gasteiger partial charge in [0.1, 0.15) is 5.75 Å². The fourth-order valence-electron chi connectivity index (χ4n) is 2.29. The standard InChI is InChI=1S/C18H19F2NO3/c1-12(14-6-4-8-16(10-14)24-18(19)20)21-17(22)15-7-3-5-13(9-15)11-23-2/h3-10,12,18H,11H2,1-2H3,(H,21,22)/t12-/m1/s1. The molecule has 0 aliphatic carbocycles. The van der Waals surface area contributed by atoms with Crippen molar-refractivity contribution in [2.75, 3.05) is 7.11 Å². The fourth-order valence-corrected chi connectivity index (χ4v) is 2.29. The van der Waals surface area contributed by atoms with Crippen LogP contribution in [0.2, 0.25) is 0 Å². The number of halogens is 2. The van der Waals surface area contributed by atoms with Crippen LogP contribution in [0, 0.1) is 0 Å². The molecule has 0 saturated carbocycles. The summed E-state index contributed by atoms with van der Waals surface area (Å²) in [4.78, 5) is 12.3. The molecule has 6 heteroatoms. The van der Waals surface area contributed by atoms with Gasteiger partial charge in [0, 0.05) is 12.7 Å². The number of carbonyl (C=O) groups is 1. The Bertz CT molecular complexity index is 691. The minimum atomic E-state index is -2.88. The molecule has 0 saturated heterocycles. The molecule has 24 heavy (non-hydrogen) atoms. The van der Waals surface area contributed by atoms with E-state index in [1.807, 2.05) is 6.07 Å². The summed E-state index contributed by atoms with van der Waals surface area (Å²) in [6.07, 6.45) is 0. The van der Waals surface area contributed by atoms with Crippen LogP contribution in [0.4, 0.5) is 8.78 Å². The van der Waals surface area contributed by atoms with E-state index in [0.717, 1.165) is 5.56 Å². The lowest BCUT2D eigenvalue weighted by Crippen LogP contribution is -2.26. The topological polar surface area (TPSA) is 47.6 Å². The normalized spacial score (nSPS) is 12.0. The van der Waals surface area contributed by atoms with Crippen LogP contribution >= 0.6 is 0 Å². The second kappa shape index (κ2) is 8.40. The van der Waals surface area contributed by atoms with E-state index in [0.29, 0.717) is 17.7 Å². The van der Waals surface area contributed by atoms with Gasteiger partial charge < -0.3 is 14.8 Å². The maximum atomic E-state index is 12.3. The maximum Gasteiger partial charge on any atom is 0.387 e. The summed E-state index contributed by atoms with van der Waals surface area (Å²) < 4.78 is 34.0. The van der Waals surface area contributed by atoms with Crippen LogP contribution in [0.25, 0.3) is 0 Å². The van der Waals surface area contributed by atoms with Crippen molar-refractivity contribution < 1.29 is 23.0 Å². The van der Waals surface area contributed by atoms with Crippen LogP contribution in [0.5, 0.6) is 5.75 Å². The monoisotopic (exact) mass is 335 g/mol. The summed E-state index contributed by atoms with van der Waals surface area (Å²) in [7, 11) is 1.59. The molecule has 0 aliphatic heterocycles. The third-order valence-corrected chi connectivity index (χ3v) is 3.43. The van der Waals surface area contributed by atoms with E-state index in [4.69, 9.17) is 4.74 Å². The van der Waals surface area contributed by atoms with Crippen molar-refractivity contribution in [2.24, 2.45) is 0 Å². The predicted molar refractivity (Wildman–Crippen MR) is 86.1 cm³/mol. The molecule has 2 aromatic rings. The molecule has 4 nitrogen and oxygen atoms in total. The first kappa shape index (κ1) is 17.9. The van der Waals surface area contributed by atoms with E-state index in [1.54, 1.807) is 44.4 Å². The molecule has 0 heterocycles. The van der Waals surface area contributed by atoms with Crippen LogP contribution < -0.4 is 10.1 Å². The predicted octanol–water partition coefficient (Wildman–Crippen LogP) is 3.93. The van der Waals surface area contributed by atoms with Gasteiger partial charge in [0.15, 0.2) is 0 Å². The lowest BCUT2D eigenvalue weighted by Gasteiger charge is -2.16. The summed E-state index contributed by atoms with van der Waals surface area (Å²) in [6.45, 7) is -0.684. The first-order valence-electron chi connectivity index (χ1n) is 7.43. The molecule has 0 aliphatic rings. The largest absolute Gasteiger partial charge is 0.435 e. The van der Waals surface area contributed by atoms with Gasteiger partial charge in [0.25, 0.3) is 5.91 Å². The molecule has 0 radical (unpaired) electrons.